The molecule has 0 radical (unpaired) electrons. The Morgan fingerprint density at radius 1 is 1.21 bits per heavy atom. The third kappa shape index (κ3) is 4.73. The number of carbonyl (C=O) groups is 2. The predicted octanol–water partition coefficient (Wildman–Crippen LogP) is 4.85. The molecule has 4 rings (SSSR count). The van der Waals surface area contributed by atoms with E-state index in [-0.39, 0.29) is 18.6 Å². The average Bonchev–Trinajstić information content (AvgIpc) is 3.48. The van der Waals surface area contributed by atoms with E-state index in [1.807, 2.05) is 43.0 Å². The normalized spacial score (nSPS) is 11.1. The van der Waals surface area contributed by atoms with Crippen LogP contribution in [0.1, 0.15) is 35.8 Å². The summed E-state index contributed by atoms with van der Waals surface area (Å²) in [5.41, 5.74) is 3.34. The zero-order valence-corrected chi connectivity index (χ0v) is 19.6. The highest BCUT2D eigenvalue weighted by Crippen LogP contribution is 2.30. The smallest absolute Gasteiger partial charge is 0.343 e. The molecule has 0 bridgehead atoms. The second-order valence-corrected chi connectivity index (χ2v) is 8.70. The molecule has 0 unspecified atom stereocenters. The number of pyridine rings is 1. The van der Waals surface area contributed by atoms with Crippen LogP contribution >= 0.6 is 11.3 Å². The van der Waals surface area contributed by atoms with E-state index in [2.05, 4.69) is 15.2 Å². The highest BCUT2D eigenvalue weighted by molar-refractivity contribution is 7.13. The average molecular weight is 465 g/mol. The lowest BCUT2D eigenvalue weighted by atomic mass is 10.1. The van der Waals surface area contributed by atoms with Gasteiger partial charge in [0.2, 0.25) is 0 Å². The number of hydrogen-bond acceptors (Lipinski definition) is 7. The molecule has 8 nitrogen and oxygen atoms in total. The van der Waals surface area contributed by atoms with Gasteiger partial charge in [-0.25, -0.2) is 14.5 Å². The molecule has 0 fully saturated rings. The van der Waals surface area contributed by atoms with E-state index in [0.29, 0.717) is 28.0 Å². The Hall–Kier alpha value is -3.72. The van der Waals surface area contributed by atoms with Crippen molar-refractivity contribution < 1.29 is 19.1 Å². The molecule has 0 aliphatic heterocycles. The fourth-order valence-corrected chi connectivity index (χ4v) is 4.08. The van der Waals surface area contributed by atoms with Gasteiger partial charge in [0.25, 0.3) is 5.91 Å². The summed E-state index contributed by atoms with van der Waals surface area (Å²) < 4.78 is 11.8. The maximum absolute atomic E-state index is 13.4. The van der Waals surface area contributed by atoms with Gasteiger partial charge in [-0.2, -0.15) is 5.10 Å². The number of amides is 1. The third-order valence-electron chi connectivity index (χ3n) is 5.10. The van der Waals surface area contributed by atoms with Crippen LogP contribution in [0.3, 0.4) is 0 Å². The van der Waals surface area contributed by atoms with Crippen molar-refractivity contribution in [2.75, 3.05) is 19.0 Å². The number of carbonyl (C=O) groups excluding carboxylic acids is 2. The number of nitrogens with zero attached hydrogens (tertiary/aromatic N) is 3. The van der Waals surface area contributed by atoms with E-state index in [0.717, 1.165) is 16.1 Å². The van der Waals surface area contributed by atoms with Crippen molar-refractivity contribution in [3.63, 3.8) is 0 Å². The van der Waals surface area contributed by atoms with Crippen molar-refractivity contribution in [3.05, 3.63) is 59.1 Å². The molecule has 1 amide bonds. The minimum atomic E-state index is -0.463. The first-order chi connectivity index (χ1) is 15.9. The van der Waals surface area contributed by atoms with Crippen molar-refractivity contribution in [1.82, 2.24) is 14.8 Å². The minimum absolute atomic E-state index is 0.101. The van der Waals surface area contributed by atoms with Gasteiger partial charge in [0, 0.05) is 11.7 Å². The number of nitrogens with one attached hydrogen (secondary N) is 1. The lowest BCUT2D eigenvalue weighted by Gasteiger charge is -2.13. The van der Waals surface area contributed by atoms with E-state index < -0.39 is 5.97 Å². The van der Waals surface area contributed by atoms with Crippen LogP contribution in [0.15, 0.2) is 48.0 Å². The SMILES string of the molecule is COC(=O)COc1ccc(NC(=O)c2cc(-c3cccs3)nc3c2cnn3C(C)C)c(C)c1. The second-order valence-electron chi connectivity index (χ2n) is 7.75. The number of esters is 1. The van der Waals surface area contributed by atoms with E-state index in [1.165, 1.54) is 7.11 Å². The van der Waals surface area contributed by atoms with E-state index in [1.54, 1.807) is 41.8 Å². The van der Waals surface area contributed by atoms with Gasteiger partial charge >= 0.3 is 5.97 Å². The fourth-order valence-electron chi connectivity index (χ4n) is 3.39. The maximum atomic E-state index is 13.4. The fraction of sp³-hybridized carbons (Fsp3) is 0.250. The molecule has 1 N–H and O–H groups in total. The second kappa shape index (κ2) is 9.41. The lowest BCUT2D eigenvalue weighted by molar-refractivity contribution is -0.142. The molecular formula is C24H24N4O4S. The largest absolute Gasteiger partial charge is 0.482 e. The van der Waals surface area contributed by atoms with Gasteiger partial charge in [0.05, 0.1) is 34.8 Å². The van der Waals surface area contributed by atoms with Crippen LogP contribution in [0.25, 0.3) is 21.6 Å². The molecule has 3 heterocycles. The Balaban J connectivity index is 1.66. The standard InChI is InChI=1S/C24H24N4O4S/c1-14(2)28-23-18(12-25-28)17(11-20(26-23)21-6-5-9-33-21)24(30)27-19-8-7-16(10-15(19)3)32-13-22(29)31-4/h5-12,14H,13H2,1-4H3,(H,27,30). The zero-order chi connectivity index (χ0) is 23.5. The molecule has 4 aromatic rings. The number of fused-ring (bicyclic) bond motifs is 1. The van der Waals surface area contributed by atoms with E-state index in [4.69, 9.17) is 9.72 Å². The number of thiophene rings is 1. The van der Waals surface area contributed by atoms with Gasteiger partial charge in [-0.15, -0.1) is 11.3 Å². The molecule has 0 spiro atoms. The monoisotopic (exact) mass is 464 g/mol. The summed E-state index contributed by atoms with van der Waals surface area (Å²) >= 11 is 1.57. The van der Waals surface area contributed by atoms with Crippen LogP contribution in [0.4, 0.5) is 5.69 Å². The summed E-state index contributed by atoms with van der Waals surface area (Å²) in [6, 6.07) is 11.0. The number of benzene rings is 1. The molecule has 3 aromatic heterocycles. The van der Waals surface area contributed by atoms with Crippen molar-refractivity contribution >= 4 is 39.9 Å². The third-order valence-corrected chi connectivity index (χ3v) is 6.00. The highest BCUT2D eigenvalue weighted by Gasteiger charge is 2.19. The van der Waals surface area contributed by atoms with Crippen LogP contribution in [-0.2, 0) is 9.53 Å². The number of aromatic nitrogens is 3. The molecule has 0 saturated heterocycles. The maximum Gasteiger partial charge on any atom is 0.343 e. The molecule has 33 heavy (non-hydrogen) atoms. The molecule has 9 heteroatoms. The van der Waals surface area contributed by atoms with Crippen molar-refractivity contribution in [3.8, 4) is 16.3 Å². The number of aryl methyl sites for hydroxylation is 1. The Morgan fingerprint density at radius 3 is 2.70 bits per heavy atom. The molecule has 0 aliphatic carbocycles. The molecule has 0 atom stereocenters. The van der Waals surface area contributed by atoms with Crippen LogP contribution in [-0.4, -0.2) is 40.4 Å². The molecule has 0 saturated carbocycles. The van der Waals surface area contributed by atoms with Crippen molar-refractivity contribution in [1.29, 1.82) is 0 Å². The Morgan fingerprint density at radius 2 is 2.03 bits per heavy atom. The Bertz CT molecular complexity index is 1310. The minimum Gasteiger partial charge on any atom is -0.482 e. The summed E-state index contributed by atoms with van der Waals surface area (Å²) in [6.45, 7) is 5.73. The quantitative estimate of drug-likeness (QED) is 0.393. The Kier molecular flexibility index (Phi) is 6.41. The number of ether oxygens (including phenoxy) is 2. The van der Waals surface area contributed by atoms with Gasteiger partial charge in [0.15, 0.2) is 12.3 Å². The lowest BCUT2D eigenvalue weighted by Crippen LogP contribution is -2.15. The van der Waals surface area contributed by atoms with Crippen molar-refractivity contribution in [2.24, 2.45) is 0 Å². The van der Waals surface area contributed by atoms with Crippen LogP contribution in [0.5, 0.6) is 5.75 Å². The first-order valence-corrected chi connectivity index (χ1v) is 11.3. The summed E-state index contributed by atoms with van der Waals surface area (Å²) in [6.07, 6.45) is 1.69. The predicted molar refractivity (Wildman–Crippen MR) is 128 cm³/mol. The number of rotatable bonds is 7. The summed E-state index contributed by atoms with van der Waals surface area (Å²) in [5, 5.41) is 10.1. The van der Waals surface area contributed by atoms with Gasteiger partial charge < -0.3 is 14.8 Å². The summed E-state index contributed by atoms with van der Waals surface area (Å²) in [7, 11) is 1.31. The zero-order valence-electron chi connectivity index (χ0n) is 18.8. The van der Waals surface area contributed by atoms with Gasteiger partial charge in [-0.1, -0.05) is 6.07 Å². The van der Waals surface area contributed by atoms with Crippen LogP contribution in [0, 0.1) is 6.92 Å². The number of methoxy groups -OCH3 is 1. The topological polar surface area (TPSA) is 95.3 Å². The first-order valence-electron chi connectivity index (χ1n) is 10.4. The van der Waals surface area contributed by atoms with Gasteiger partial charge in [0.1, 0.15) is 5.75 Å². The Labute approximate surface area is 195 Å². The van der Waals surface area contributed by atoms with Crippen molar-refractivity contribution in [2.45, 2.75) is 26.8 Å². The molecule has 170 valence electrons. The van der Waals surface area contributed by atoms with Gasteiger partial charge in [-0.3, -0.25) is 4.79 Å². The molecule has 1 aromatic carbocycles. The van der Waals surface area contributed by atoms with E-state index >= 15 is 0 Å². The number of anilines is 1. The summed E-state index contributed by atoms with van der Waals surface area (Å²) in [4.78, 5) is 30.4. The van der Waals surface area contributed by atoms with Crippen LogP contribution < -0.4 is 10.1 Å². The van der Waals surface area contributed by atoms with Crippen LogP contribution in [0.2, 0.25) is 0 Å². The highest BCUT2D eigenvalue weighted by atomic mass is 32.1. The van der Waals surface area contributed by atoms with Gasteiger partial charge in [-0.05, 0) is 62.0 Å². The number of hydrogen-bond donors (Lipinski definition) is 1. The first kappa shape index (κ1) is 22.5. The molecular weight excluding hydrogens is 440 g/mol. The summed E-state index contributed by atoms with van der Waals surface area (Å²) in [5.74, 6) is -0.203. The molecule has 0 aliphatic rings. The van der Waals surface area contributed by atoms with E-state index in [9.17, 15) is 9.59 Å².